The average Bonchev–Trinajstić information content (AvgIpc) is 3.17. The monoisotopic (exact) mass is 511 g/mol. The van der Waals surface area contributed by atoms with E-state index in [0.717, 1.165) is 40.7 Å². The minimum Gasteiger partial charge on any atom is -0.481 e. The van der Waals surface area contributed by atoms with Crippen LogP contribution in [0.2, 0.25) is 0 Å². The first kappa shape index (κ1) is 24.6. The second-order valence-corrected chi connectivity index (χ2v) is 9.90. The molecule has 3 aromatic rings. The molecule has 35 heavy (non-hydrogen) atoms. The van der Waals surface area contributed by atoms with Crippen LogP contribution >= 0.6 is 0 Å². The largest absolute Gasteiger partial charge is 0.481 e. The van der Waals surface area contributed by atoms with Gasteiger partial charge in [-0.15, -0.1) is 0 Å². The second kappa shape index (κ2) is 8.95. The molecular weight excluding hydrogens is 493 g/mol. The van der Waals surface area contributed by atoms with E-state index in [1.165, 1.54) is 18.2 Å². The molecule has 0 saturated carbocycles. The molecule has 0 aromatic heterocycles. The number of sulfonamides is 1. The van der Waals surface area contributed by atoms with Crippen LogP contribution in [0.5, 0.6) is 0 Å². The summed E-state index contributed by atoms with van der Waals surface area (Å²) in [6, 6.07) is 9.46. The van der Waals surface area contributed by atoms with E-state index in [-0.39, 0.29) is 36.1 Å². The summed E-state index contributed by atoms with van der Waals surface area (Å²) in [5.74, 6) is -2.63. The quantitative estimate of drug-likeness (QED) is 0.435. The van der Waals surface area contributed by atoms with Crippen molar-refractivity contribution in [2.75, 3.05) is 4.31 Å². The van der Waals surface area contributed by atoms with Gasteiger partial charge in [0.05, 0.1) is 22.2 Å². The molecule has 1 aliphatic rings. The number of carbonyl (C=O) groups is 1. The molecule has 1 N–H and O–H groups in total. The number of carboxylic acids is 1. The molecule has 0 saturated heterocycles. The van der Waals surface area contributed by atoms with E-state index in [1.807, 2.05) is 0 Å². The third kappa shape index (κ3) is 4.86. The third-order valence-electron chi connectivity index (χ3n) is 5.76. The first-order chi connectivity index (χ1) is 16.4. The maximum Gasteiger partial charge on any atom is 0.416 e. The van der Waals surface area contributed by atoms with E-state index in [0.29, 0.717) is 11.6 Å². The van der Waals surface area contributed by atoms with Crippen LogP contribution in [0.1, 0.15) is 24.0 Å². The number of aliphatic carboxylic acids is 1. The highest BCUT2D eigenvalue weighted by atomic mass is 32.2. The second-order valence-electron chi connectivity index (χ2n) is 8.08. The van der Waals surface area contributed by atoms with Crippen LogP contribution in [0, 0.1) is 11.6 Å². The van der Waals surface area contributed by atoms with Crippen molar-refractivity contribution in [3.8, 4) is 11.1 Å². The van der Waals surface area contributed by atoms with E-state index in [2.05, 4.69) is 0 Å². The number of anilines is 1. The molecule has 1 unspecified atom stereocenters. The lowest BCUT2D eigenvalue weighted by Gasteiger charge is -2.27. The van der Waals surface area contributed by atoms with Crippen molar-refractivity contribution in [2.45, 2.75) is 36.4 Å². The normalized spacial score (nSPS) is 15.8. The van der Waals surface area contributed by atoms with E-state index in [9.17, 15) is 35.2 Å². The summed E-state index contributed by atoms with van der Waals surface area (Å²) in [4.78, 5) is 10.5. The van der Waals surface area contributed by atoms with Crippen LogP contribution in [-0.4, -0.2) is 25.5 Å². The molecule has 1 heterocycles. The Bertz CT molecular complexity index is 1410. The van der Waals surface area contributed by atoms with E-state index < -0.39 is 50.3 Å². The summed E-state index contributed by atoms with van der Waals surface area (Å²) < 4.78 is 95.9. The lowest BCUT2D eigenvalue weighted by atomic mass is 10.0. The fraction of sp³-hybridized carbons (Fsp3) is 0.208. The minimum absolute atomic E-state index is 0.0685. The van der Waals surface area contributed by atoms with Crippen LogP contribution in [0.4, 0.5) is 27.6 Å². The molecule has 3 aromatic carbocycles. The summed E-state index contributed by atoms with van der Waals surface area (Å²) in [6.07, 6.45) is -5.16. The molecule has 0 amide bonds. The summed E-state index contributed by atoms with van der Waals surface area (Å²) >= 11 is 0. The maximum absolute atomic E-state index is 14.4. The summed E-state index contributed by atoms with van der Waals surface area (Å²) in [5, 5.41) is 9.10. The van der Waals surface area contributed by atoms with E-state index in [4.69, 9.17) is 5.11 Å². The molecule has 4 rings (SSSR count). The Morgan fingerprint density at radius 1 is 1.03 bits per heavy atom. The highest BCUT2D eigenvalue weighted by Gasteiger charge is 2.40. The van der Waals surface area contributed by atoms with Gasteiger partial charge in [0.1, 0.15) is 11.6 Å². The van der Waals surface area contributed by atoms with Gasteiger partial charge < -0.3 is 5.11 Å². The van der Waals surface area contributed by atoms with Crippen molar-refractivity contribution in [1.29, 1.82) is 0 Å². The van der Waals surface area contributed by atoms with Crippen molar-refractivity contribution < 1.29 is 40.3 Å². The van der Waals surface area contributed by atoms with Gasteiger partial charge in [0.2, 0.25) is 0 Å². The van der Waals surface area contributed by atoms with Crippen LogP contribution in [0.15, 0.2) is 65.6 Å². The molecule has 0 aliphatic carbocycles. The Morgan fingerprint density at radius 3 is 2.46 bits per heavy atom. The smallest absolute Gasteiger partial charge is 0.416 e. The molecule has 0 radical (unpaired) electrons. The highest BCUT2D eigenvalue weighted by molar-refractivity contribution is 7.92. The molecule has 0 bridgehead atoms. The van der Waals surface area contributed by atoms with Gasteiger partial charge in [-0.1, -0.05) is 18.2 Å². The Kier molecular flexibility index (Phi) is 6.31. The van der Waals surface area contributed by atoms with Crippen LogP contribution in [0.3, 0.4) is 0 Å². The fourth-order valence-corrected chi connectivity index (χ4v) is 5.90. The molecule has 184 valence electrons. The van der Waals surface area contributed by atoms with Crippen molar-refractivity contribution in [1.82, 2.24) is 0 Å². The number of hydrogen-bond donors (Lipinski definition) is 1. The number of alkyl halides is 3. The summed E-state index contributed by atoms with van der Waals surface area (Å²) in [5.41, 5.74) is -0.576. The zero-order chi connectivity index (χ0) is 25.5. The van der Waals surface area contributed by atoms with Crippen LogP contribution in [-0.2, 0) is 27.4 Å². The van der Waals surface area contributed by atoms with Gasteiger partial charge in [-0.25, -0.2) is 17.2 Å². The standard InChI is InChI=1S/C24H18F5NO4S/c25-17-6-8-21(26)20(13-17)14-4-5-15-10-18(7-9-23(31)32)30(22(15)11-14)35(33,34)19-3-1-2-16(12-19)24(27,28)29/h1-6,8,11-13,18H,7,9-10H2,(H,31,32). The number of hydrogen-bond acceptors (Lipinski definition) is 3. The molecular formula is C24H18F5NO4S. The minimum atomic E-state index is -4.78. The first-order valence-corrected chi connectivity index (χ1v) is 11.8. The Labute approximate surface area is 197 Å². The molecule has 0 spiro atoms. The zero-order valence-corrected chi connectivity index (χ0v) is 18.7. The topological polar surface area (TPSA) is 74.7 Å². The van der Waals surface area contributed by atoms with Crippen molar-refractivity contribution >= 4 is 21.7 Å². The Morgan fingerprint density at radius 2 is 1.77 bits per heavy atom. The number of benzene rings is 3. The van der Waals surface area contributed by atoms with E-state index in [1.54, 1.807) is 0 Å². The van der Waals surface area contributed by atoms with Gasteiger partial charge in [-0.05, 0) is 66.4 Å². The maximum atomic E-state index is 14.4. The number of carboxylic acid groups (broad SMARTS) is 1. The van der Waals surface area contributed by atoms with Gasteiger partial charge in [-0.2, -0.15) is 13.2 Å². The fourth-order valence-electron chi connectivity index (χ4n) is 4.14. The number of rotatable bonds is 6. The van der Waals surface area contributed by atoms with Gasteiger partial charge >= 0.3 is 12.1 Å². The predicted octanol–water partition coefficient (Wildman–Crippen LogP) is 5.64. The summed E-state index contributed by atoms with van der Waals surface area (Å²) in [6.45, 7) is 0. The molecule has 1 atom stereocenters. The molecule has 5 nitrogen and oxygen atoms in total. The Hall–Kier alpha value is -3.47. The number of halogens is 5. The van der Waals surface area contributed by atoms with Gasteiger partial charge in [0.25, 0.3) is 10.0 Å². The SMILES string of the molecule is O=C(O)CCC1Cc2ccc(-c3cc(F)ccc3F)cc2N1S(=O)(=O)c1cccc(C(F)(F)F)c1. The van der Waals surface area contributed by atoms with Crippen molar-refractivity contribution in [2.24, 2.45) is 0 Å². The zero-order valence-electron chi connectivity index (χ0n) is 17.9. The number of fused-ring (bicyclic) bond motifs is 1. The number of nitrogens with zero attached hydrogens (tertiary/aromatic N) is 1. The van der Waals surface area contributed by atoms with Crippen LogP contribution < -0.4 is 4.31 Å². The Balaban J connectivity index is 1.85. The lowest BCUT2D eigenvalue weighted by molar-refractivity contribution is -0.138. The van der Waals surface area contributed by atoms with Crippen LogP contribution in [0.25, 0.3) is 11.1 Å². The van der Waals surface area contributed by atoms with Gasteiger partial charge in [-0.3, -0.25) is 9.10 Å². The molecule has 0 fully saturated rings. The third-order valence-corrected chi connectivity index (χ3v) is 7.62. The van der Waals surface area contributed by atoms with E-state index >= 15 is 0 Å². The van der Waals surface area contributed by atoms with Crippen molar-refractivity contribution in [3.63, 3.8) is 0 Å². The van der Waals surface area contributed by atoms with Gasteiger partial charge in [0.15, 0.2) is 0 Å². The van der Waals surface area contributed by atoms with Crippen molar-refractivity contribution in [3.05, 3.63) is 83.4 Å². The summed E-state index contributed by atoms with van der Waals surface area (Å²) in [7, 11) is -4.58. The highest BCUT2D eigenvalue weighted by Crippen LogP contribution is 2.42. The first-order valence-electron chi connectivity index (χ1n) is 10.4. The van der Waals surface area contributed by atoms with Gasteiger partial charge in [0, 0.05) is 12.0 Å². The molecule has 1 aliphatic heterocycles. The lowest BCUT2D eigenvalue weighted by Crippen LogP contribution is -2.38. The molecule has 11 heteroatoms. The average molecular weight is 511 g/mol. The predicted molar refractivity (Wildman–Crippen MR) is 117 cm³/mol.